The molecule has 0 saturated heterocycles. The average molecular weight is 393 g/mol. The normalized spacial score (nSPS) is 10.1. The zero-order chi connectivity index (χ0) is 21.9. The Balaban J connectivity index is 0.000000347. The van der Waals surface area contributed by atoms with E-state index in [0.29, 0.717) is 5.78 Å². The molecule has 1 saturated carbocycles. The quantitative estimate of drug-likeness (QED) is 0.480. The number of aryl methyl sites for hydroxylation is 3. The van der Waals surface area contributed by atoms with E-state index in [1.807, 2.05) is 54.6 Å². The van der Waals surface area contributed by atoms with Gasteiger partial charge in [-0.25, -0.2) is 0 Å². The maximum atomic E-state index is 9.56. The predicted octanol–water partition coefficient (Wildman–Crippen LogP) is 6.43. The van der Waals surface area contributed by atoms with E-state index in [1.165, 1.54) is 16.7 Å². The Morgan fingerprint density at radius 1 is 0.655 bits per heavy atom. The summed E-state index contributed by atoms with van der Waals surface area (Å²) < 4.78 is 0. The Kier molecular flexibility index (Phi) is 15.1. The van der Waals surface area contributed by atoms with E-state index in [9.17, 15) is 4.79 Å². The van der Waals surface area contributed by atoms with Crippen LogP contribution in [-0.2, 0) is 9.59 Å². The summed E-state index contributed by atoms with van der Waals surface area (Å²) in [5.41, 5.74) is 4.06. The van der Waals surface area contributed by atoms with Gasteiger partial charge in [-0.3, -0.25) is 9.59 Å². The van der Waals surface area contributed by atoms with E-state index in [2.05, 4.69) is 57.2 Å². The van der Waals surface area contributed by atoms with Crippen molar-refractivity contribution in [1.29, 1.82) is 0 Å². The van der Waals surface area contributed by atoms with Gasteiger partial charge >= 0.3 is 0 Å². The van der Waals surface area contributed by atoms with Crippen LogP contribution in [0.5, 0.6) is 0 Å². The van der Waals surface area contributed by atoms with Crippen LogP contribution in [0.15, 0.2) is 91.0 Å². The van der Waals surface area contributed by atoms with Crippen molar-refractivity contribution >= 4 is 11.8 Å². The molecule has 0 aliphatic heterocycles. The molecule has 29 heavy (non-hydrogen) atoms. The van der Waals surface area contributed by atoms with E-state index in [0.717, 1.165) is 19.8 Å². The highest BCUT2D eigenvalue weighted by molar-refractivity contribution is 5.92. The number of carbonyl (C=O) groups is 2. The van der Waals surface area contributed by atoms with Gasteiger partial charge in [-0.2, -0.15) is 0 Å². The molecule has 0 unspecified atom stereocenters. The van der Waals surface area contributed by atoms with Gasteiger partial charge in [0.2, 0.25) is 0 Å². The molecule has 3 aromatic rings. The molecule has 1 aliphatic carbocycles. The van der Waals surface area contributed by atoms with Crippen molar-refractivity contribution in [3.8, 4) is 0 Å². The van der Waals surface area contributed by atoms with E-state index >= 15 is 0 Å². The number of aliphatic carboxylic acids is 1. The molecule has 3 heteroatoms. The molecule has 1 fully saturated rings. The van der Waals surface area contributed by atoms with Crippen LogP contribution in [0, 0.1) is 20.8 Å². The number of ketones is 1. The molecule has 3 nitrogen and oxygen atoms in total. The van der Waals surface area contributed by atoms with Crippen molar-refractivity contribution in [2.24, 2.45) is 0 Å². The summed E-state index contributed by atoms with van der Waals surface area (Å²) in [5, 5.41) is 7.42. The van der Waals surface area contributed by atoms with Crippen LogP contribution in [0.3, 0.4) is 0 Å². The van der Waals surface area contributed by atoms with Gasteiger partial charge in [-0.05, 0) is 31.9 Å². The molecule has 1 aliphatic rings. The zero-order valence-corrected chi connectivity index (χ0v) is 17.8. The number of carbonyl (C=O) groups excluding carboxylic acids is 1. The molecule has 4 rings (SSSR count). The van der Waals surface area contributed by atoms with Crippen LogP contribution < -0.4 is 0 Å². The van der Waals surface area contributed by atoms with Gasteiger partial charge in [0.05, 0.1) is 0 Å². The number of hydrogen-bond donors (Lipinski definition) is 1. The molecule has 0 spiro atoms. The van der Waals surface area contributed by atoms with E-state index in [1.54, 1.807) is 0 Å². The second-order valence-electron chi connectivity index (χ2n) is 6.45. The number of hydrogen-bond acceptors (Lipinski definition) is 2. The first-order valence-corrected chi connectivity index (χ1v) is 9.58. The summed E-state index contributed by atoms with van der Waals surface area (Å²) in [6.07, 6.45) is 1.69. The lowest BCUT2D eigenvalue weighted by molar-refractivity contribution is -0.134. The monoisotopic (exact) mass is 392 g/mol. The van der Waals surface area contributed by atoms with Crippen LogP contribution >= 0.6 is 0 Å². The Morgan fingerprint density at radius 3 is 1.07 bits per heavy atom. The largest absolute Gasteiger partial charge is 0.481 e. The van der Waals surface area contributed by atoms with Crippen molar-refractivity contribution in [3.63, 3.8) is 0 Å². The molecule has 154 valence electrons. The minimum atomic E-state index is -0.833. The predicted molar refractivity (Wildman–Crippen MR) is 121 cm³/mol. The second kappa shape index (κ2) is 16.9. The highest BCUT2D eigenvalue weighted by atomic mass is 16.4. The fraction of sp³-hybridized carbons (Fsp3) is 0.231. The van der Waals surface area contributed by atoms with E-state index in [4.69, 9.17) is 9.90 Å². The summed E-state index contributed by atoms with van der Waals surface area (Å²) >= 11 is 0. The number of carboxylic acid groups (broad SMARTS) is 1. The Labute approximate surface area is 175 Å². The van der Waals surface area contributed by atoms with Crippen LogP contribution in [0.2, 0.25) is 0 Å². The lowest BCUT2D eigenvalue weighted by Gasteiger charge is -1.93. The van der Waals surface area contributed by atoms with Gasteiger partial charge in [0.15, 0.2) is 0 Å². The maximum Gasteiger partial charge on any atom is 0.300 e. The van der Waals surface area contributed by atoms with Crippen LogP contribution in [-0.4, -0.2) is 16.9 Å². The van der Waals surface area contributed by atoms with Gasteiger partial charge in [0.1, 0.15) is 5.78 Å². The molecular formula is C26H32O3. The summed E-state index contributed by atoms with van der Waals surface area (Å²) in [7, 11) is 0. The molecule has 0 radical (unpaired) electrons. The fourth-order valence-electron chi connectivity index (χ4n) is 1.63. The minimum absolute atomic E-state index is 0.417. The molecule has 1 N–H and O–H groups in total. The van der Waals surface area contributed by atoms with Crippen molar-refractivity contribution < 1.29 is 14.7 Å². The number of rotatable bonds is 0. The molecule has 0 amide bonds. The molecule has 0 aromatic heterocycles. The first kappa shape index (κ1) is 25.8. The Bertz CT molecular complexity index is 737. The van der Waals surface area contributed by atoms with Gasteiger partial charge in [0, 0.05) is 19.8 Å². The summed E-state index contributed by atoms with van der Waals surface area (Å²) in [5.74, 6) is -0.417. The van der Waals surface area contributed by atoms with Gasteiger partial charge < -0.3 is 5.11 Å². The SMILES string of the molecule is CC(=O)O.Cc1ccccc1.Cc1ccccc1C.O=C1CC1.c1ccccc1. The highest BCUT2D eigenvalue weighted by Crippen LogP contribution is 2.08. The summed E-state index contributed by atoms with van der Waals surface area (Å²) in [6.45, 7) is 7.41. The average Bonchev–Trinajstić information content (AvgIpc) is 3.49. The zero-order valence-electron chi connectivity index (χ0n) is 17.8. The smallest absolute Gasteiger partial charge is 0.300 e. The highest BCUT2D eigenvalue weighted by Gasteiger charge is 2.13. The molecule has 3 aromatic carbocycles. The first-order valence-electron chi connectivity index (χ1n) is 9.58. The summed E-state index contributed by atoms with van der Waals surface area (Å²) in [6, 6.07) is 30.6. The topological polar surface area (TPSA) is 54.4 Å². The standard InChI is InChI=1S/C8H10.C7H8.C6H6.C3H4O.C2H4O2/c1-7-5-3-4-6-8(7)2;1-7-5-3-2-4-6-7;1-2-4-6-5-3-1;4-3-1-2-3;1-2(3)4/h3-6H,1-2H3;2-6H,1H3;1-6H;1-2H2;1H3,(H,3,4). The molecule has 0 heterocycles. The van der Waals surface area contributed by atoms with Crippen molar-refractivity contribution in [2.75, 3.05) is 0 Å². The van der Waals surface area contributed by atoms with Crippen LogP contribution in [0.1, 0.15) is 36.5 Å². The minimum Gasteiger partial charge on any atom is -0.481 e. The lowest BCUT2D eigenvalue weighted by Crippen LogP contribution is -1.78. The fourth-order valence-corrected chi connectivity index (χ4v) is 1.63. The molecule has 0 atom stereocenters. The third-order valence-electron chi connectivity index (χ3n) is 3.49. The Morgan fingerprint density at radius 2 is 0.897 bits per heavy atom. The second-order valence-corrected chi connectivity index (χ2v) is 6.45. The van der Waals surface area contributed by atoms with Crippen molar-refractivity contribution in [2.45, 2.75) is 40.5 Å². The lowest BCUT2D eigenvalue weighted by atomic mass is 10.1. The van der Waals surface area contributed by atoms with E-state index in [-0.39, 0.29) is 0 Å². The number of Topliss-reactive ketones (excluding diaryl/α,β-unsaturated/α-hetero) is 1. The van der Waals surface area contributed by atoms with E-state index < -0.39 is 5.97 Å². The third kappa shape index (κ3) is 21.0. The first-order chi connectivity index (χ1) is 13.8. The maximum absolute atomic E-state index is 9.56. The third-order valence-corrected chi connectivity index (χ3v) is 3.49. The summed E-state index contributed by atoms with van der Waals surface area (Å²) in [4.78, 5) is 18.6. The van der Waals surface area contributed by atoms with Gasteiger partial charge in [0.25, 0.3) is 5.97 Å². The van der Waals surface area contributed by atoms with Gasteiger partial charge in [-0.1, -0.05) is 96.6 Å². The van der Waals surface area contributed by atoms with Crippen molar-refractivity contribution in [1.82, 2.24) is 0 Å². The van der Waals surface area contributed by atoms with Crippen LogP contribution in [0.4, 0.5) is 0 Å². The molecule has 0 bridgehead atoms. The number of carboxylic acids is 1. The van der Waals surface area contributed by atoms with Gasteiger partial charge in [-0.15, -0.1) is 0 Å². The number of benzene rings is 3. The molecular weight excluding hydrogens is 360 g/mol. The Hall–Kier alpha value is -3.20. The van der Waals surface area contributed by atoms with Crippen molar-refractivity contribution in [3.05, 3.63) is 108 Å². The van der Waals surface area contributed by atoms with Crippen LogP contribution in [0.25, 0.3) is 0 Å².